The zero-order valence-electron chi connectivity index (χ0n) is 17.9. The molecular formula is C23H28N4O3. The number of carbonyl (C=O) groups is 1. The summed E-state index contributed by atoms with van der Waals surface area (Å²) in [6, 6.07) is 15.7. The quantitative estimate of drug-likeness (QED) is 0.586. The average Bonchev–Trinajstić information content (AvgIpc) is 3.18. The highest BCUT2D eigenvalue weighted by Crippen LogP contribution is 2.25. The molecule has 7 heteroatoms. The summed E-state index contributed by atoms with van der Waals surface area (Å²) in [5.41, 5.74) is 3.18. The van der Waals surface area contributed by atoms with Crippen molar-refractivity contribution in [1.82, 2.24) is 9.78 Å². The van der Waals surface area contributed by atoms with Crippen LogP contribution in [0.15, 0.2) is 54.7 Å². The molecular weight excluding hydrogens is 380 g/mol. The molecule has 0 unspecified atom stereocenters. The Balaban J connectivity index is 1.61. The van der Waals surface area contributed by atoms with Crippen molar-refractivity contribution in [2.45, 2.75) is 19.4 Å². The van der Waals surface area contributed by atoms with Crippen LogP contribution < -0.4 is 19.7 Å². The van der Waals surface area contributed by atoms with Crippen molar-refractivity contribution in [3.05, 3.63) is 65.9 Å². The number of nitrogens with one attached hydrogen (secondary N) is 1. The molecule has 0 bridgehead atoms. The summed E-state index contributed by atoms with van der Waals surface area (Å²) < 4.78 is 12.4. The Morgan fingerprint density at radius 1 is 1.07 bits per heavy atom. The summed E-state index contributed by atoms with van der Waals surface area (Å²) in [6.45, 7) is 0.583. The van der Waals surface area contributed by atoms with E-state index in [0.717, 1.165) is 28.3 Å². The summed E-state index contributed by atoms with van der Waals surface area (Å²) in [4.78, 5) is 14.6. The summed E-state index contributed by atoms with van der Waals surface area (Å²) in [6.07, 6.45) is 2.56. The molecule has 0 aliphatic carbocycles. The minimum absolute atomic E-state index is 0.0791. The third-order valence-electron chi connectivity index (χ3n) is 4.88. The van der Waals surface area contributed by atoms with Gasteiger partial charge < -0.3 is 19.7 Å². The van der Waals surface area contributed by atoms with Crippen molar-refractivity contribution < 1.29 is 14.3 Å². The molecule has 0 radical (unpaired) electrons. The van der Waals surface area contributed by atoms with Crippen molar-refractivity contribution in [1.29, 1.82) is 0 Å². The highest BCUT2D eigenvalue weighted by atomic mass is 16.5. The largest absolute Gasteiger partial charge is 0.497 e. The molecule has 1 amide bonds. The second-order valence-electron chi connectivity index (χ2n) is 7.16. The van der Waals surface area contributed by atoms with E-state index in [4.69, 9.17) is 9.47 Å². The maximum Gasteiger partial charge on any atom is 0.225 e. The fourth-order valence-electron chi connectivity index (χ4n) is 3.17. The zero-order chi connectivity index (χ0) is 21.5. The lowest BCUT2D eigenvalue weighted by molar-refractivity contribution is -0.116. The maximum absolute atomic E-state index is 12.5. The number of ether oxygens (including phenoxy) is 2. The maximum atomic E-state index is 12.5. The van der Waals surface area contributed by atoms with E-state index in [2.05, 4.69) is 39.6 Å². The van der Waals surface area contributed by atoms with E-state index in [-0.39, 0.29) is 5.91 Å². The number of anilines is 2. The molecule has 2 aromatic carbocycles. The van der Waals surface area contributed by atoms with Gasteiger partial charge in [-0.1, -0.05) is 12.1 Å². The van der Waals surface area contributed by atoms with Gasteiger partial charge in [-0.3, -0.25) is 4.79 Å². The molecule has 0 aliphatic rings. The first-order chi connectivity index (χ1) is 14.5. The number of hydrogen-bond acceptors (Lipinski definition) is 5. The molecule has 0 atom stereocenters. The van der Waals surface area contributed by atoms with Crippen LogP contribution >= 0.6 is 0 Å². The first-order valence-electron chi connectivity index (χ1n) is 9.79. The van der Waals surface area contributed by atoms with Gasteiger partial charge in [0, 0.05) is 32.3 Å². The van der Waals surface area contributed by atoms with Crippen molar-refractivity contribution >= 4 is 17.4 Å². The Hall–Kier alpha value is -3.48. The van der Waals surface area contributed by atoms with E-state index >= 15 is 0 Å². The van der Waals surface area contributed by atoms with Gasteiger partial charge in [0.1, 0.15) is 17.3 Å². The normalized spacial score (nSPS) is 10.5. The topological polar surface area (TPSA) is 68.6 Å². The van der Waals surface area contributed by atoms with Gasteiger partial charge in [0.25, 0.3) is 0 Å². The van der Waals surface area contributed by atoms with Crippen LogP contribution in [0.1, 0.15) is 17.5 Å². The molecule has 30 heavy (non-hydrogen) atoms. The Labute approximate surface area is 177 Å². The SMILES string of the molecule is COc1ccc(OC)c(CCC(=O)Nc2ccnn2Cc2ccc(N(C)C)cc2)c1. The number of methoxy groups -OCH3 is 2. The summed E-state index contributed by atoms with van der Waals surface area (Å²) in [5, 5.41) is 7.30. The Morgan fingerprint density at radius 3 is 2.50 bits per heavy atom. The van der Waals surface area contributed by atoms with Crippen molar-refractivity contribution in [2.24, 2.45) is 0 Å². The average molecular weight is 409 g/mol. The molecule has 3 aromatic rings. The summed E-state index contributed by atoms with van der Waals surface area (Å²) >= 11 is 0. The fraction of sp³-hybridized carbons (Fsp3) is 0.304. The number of aromatic nitrogens is 2. The van der Waals surface area contributed by atoms with Crippen LogP contribution in [0.3, 0.4) is 0 Å². The van der Waals surface area contributed by atoms with Crippen molar-refractivity contribution in [2.75, 3.05) is 38.5 Å². The molecule has 7 nitrogen and oxygen atoms in total. The Bertz CT molecular complexity index is 980. The molecule has 0 saturated heterocycles. The van der Waals surface area contributed by atoms with E-state index < -0.39 is 0 Å². The third-order valence-corrected chi connectivity index (χ3v) is 4.88. The van der Waals surface area contributed by atoms with Gasteiger partial charge in [0.2, 0.25) is 5.91 Å². The van der Waals surface area contributed by atoms with E-state index in [1.807, 2.05) is 32.3 Å². The number of nitrogens with zero attached hydrogens (tertiary/aromatic N) is 3. The van der Waals surface area contributed by atoms with Crippen LogP contribution in [0, 0.1) is 0 Å². The lowest BCUT2D eigenvalue weighted by Gasteiger charge is -2.14. The number of rotatable bonds is 9. The molecule has 0 aliphatic heterocycles. The molecule has 0 saturated carbocycles. The molecule has 158 valence electrons. The summed E-state index contributed by atoms with van der Waals surface area (Å²) in [5.74, 6) is 2.08. The number of hydrogen-bond donors (Lipinski definition) is 1. The monoisotopic (exact) mass is 408 g/mol. The second kappa shape index (κ2) is 9.82. The van der Waals surface area contributed by atoms with Crippen LogP contribution in [-0.2, 0) is 17.8 Å². The lowest BCUT2D eigenvalue weighted by Crippen LogP contribution is -2.16. The predicted molar refractivity (Wildman–Crippen MR) is 119 cm³/mol. The first kappa shape index (κ1) is 21.2. The van der Waals surface area contributed by atoms with E-state index in [0.29, 0.717) is 25.2 Å². The zero-order valence-corrected chi connectivity index (χ0v) is 17.9. The van der Waals surface area contributed by atoms with Crippen molar-refractivity contribution in [3.63, 3.8) is 0 Å². The van der Waals surface area contributed by atoms with Crippen LogP contribution in [-0.4, -0.2) is 44.0 Å². The standard InChI is InChI=1S/C23H28N4O3/c1-26(2)19-8-5-17(6-9-19)16-27-22(13-14-24-27)25-23(28)12-7-18-15-20(29-3)10-11-21(18)30-4/h5-6,8-11,13-15H,7,12,16H2,1-4H3,(H,25,28). The number of benzene rings is 2. The Kier molecular flexibility index (Phi) is 6.95. The van der Waals surface area contributed by atoms with Crippen LogP contribution in [0.5, 0.6) is 11.5 Å². The Morgan fingerprint density at radius 2 is 1.83 bits per heavy atom. The van der Waals surface area contributed by atoms with Gasteiger partial charge >= 0.3 is 0 Å². The smallest absolute Gasteiger partial charge is 0.225 e. The van der Waals surface area contributed by atoms with Gasteiger partial charge in [0.15, 0.2) is 0 Å². The van der Waals surface area contributed by atoms with Gasteiger partial charge in [-0.05, 0) is 47.9 Å². The molecule has 1 aromatic heterocycles. The van der Waals surface area contributed by atoms with Gasteiger partial charge in [-0.2, -0.15) is 5.10 Å². The molecule has 0 spiro atoms. The van der Waals surface area contributed by atoms with Crippen LogP contribution in [0.2, 0.25) is 0 Å². The molecule has 3 rings (SSSR count). The molecule has 1 heterocycles. The highest BCUT2D eigenvalue weighted by Gasteiger charge is 2.11. The molecule has 1 N–H and O–H groups in total. The van der Waals surface area contributed by atoms with Gasteiger partial charge in [0.05, 0.1) is 27.0 Å². The lowest BCUT2D eigenvalue weighted by atomic mass is 10.1. The van der Waals surface area contributed by atoms with Crippen LogP contribution in [0.4, 0.5) is 11.5 Å². The van der Waals surface area contributed by atoms with Crippen LogP contribution in [0.25, 0.3) is 0 Å². The first-order valence-corrected chi connectivity index (χ1v) is 9.79. The van der Waals surface area contributed by atoms with Gasteiger partial charge in [-0.15, -0.1) is 0 Å². The predicted octanol–water partition coefficient (Wildman–Crippen LogP) is 3.59. The highest BCUT2D eigenvalue weighted by molar-refractivity contribution is 5.90. The minimum atomic E-state index is -0.0791. The summed E-state index contributed by atoms with van der Waals surface area (Å²) in [7, 11) is 7.26. The molecule has 0 fully saturated rings. The second-order valence-corrected chi connectivity index (χ2v) is 7.16. The fourth-order valence-corrected chi connectivity index (χ4v) is 3.17. The number of amides is 1. The van der Waals surface area contributed by atoms with E-state index in [1.54, 1.807) is 31.2 Å². The number of aryl methyl sites for hydroxylation is 1. The van der Waals surface area contributed by atoms with Gasteiger partial charge in [-0.25, -0.2) is 4.68 Å². The number of carbonyl (C=O) groups excluding carboxylic acids is 1. The van der Waals surface area contributed by atoms with E-state index in [1.165, 1.54) is 0 Å². The minimum Gasteiger partial charge on any atom is -0.497 e. The van der Waals surface area contributed by atoms with E-state index in [9.17, 15) is 4.79 Å². The van der Waals surface area contributed by atoms with Crippen molar-refractivity contribution in [3.8, 4) is 11.5 Å². The third kappa shape index (κ3) is 5.31.